The van der Waals surface area contributed by atoms with Crippen molar-refractivity contribution in [3.05, 3.63) is 29.8 Å². The molecular weight excluding hydrogens is 280 g/mol. The molecule has 1 aromatic carbocycles. The maximum absolute atomic E-state index is 12.2. The lowest BCUT2D eigenvalue weighted by Gasteiger charge is -2.19. The molecule has 1 unspecified atom stereocenters. The second kappa shape index (κ2) is 7.94. The average Bonchev–Trinajstić information content (AvgIpc) is 2.44. The maximum atomic E-state index is 12.2. The van der Waals surface area contributed by atoms with Gasteiger partial charge in [0.1, 0.15) is 0 Å². The summed E-state index contributed by atoms with van der Waals surface area (Å²) in [7, 11) is 0. The van der Waals surface area contributed by atoms with Gasteiger partial charge in [-0.15, -0.1) is 0 Å². The third-order valence-electron chi connectivity index (χ3n) is 3.22. The minimum absolute atomic E-state index is 0.154. The Morgan fingerprint density at radius 3 is 2.45 bits per heavy atom. The first-order chi connectivity index (χ1) is 10.3. The van der Waals surface area contributed by atoms with Gasteiger partial charge >= 0.3 is 0 Å². The summed E-state index contributed by atoms with van der Waals surface area (Å²) in [5.41, 5.74) is 0.328. The zero-order valence-electron chi connectivity index (χ0n) is 13.8. The molecule has 0 heterocycles. The van der Waals surface area contributed by atoms with E-state index >= 15 is 0 Å². The fraction of sp³-hybridized carbons (Fsp3) is 0.529. The molecule has 0 aromatic heterocycles. The van der Waals surface area contributed by atoms with Crippen LogP contribution in [0.3, 0.4) is 0 Å². The van der Waals surface area contributed by atoms with E-state index in [9.17, 15) is 14.7 Å². The van der Waals surface area contributed by atoms with Crippen LogP contribution in [-0.2, 0) is 4.79 Å². The van der Waals surface area contributed by atoms with Gasteiger partial charge in [0.25, 0.3) is 5.91 Å². The number of anilines is 1. The summed E-state index contributed by atoms with van der Waals surface area (Å²) in [6.45, 7) is 7.61. The van der Waals surface area contributed by atoms with E-state index in [2.05, 4.69) is 10.6 Å². The second-order valence-corrected chi connectivity index (χ2v) is 6.40. The van der Waals surface area contributed by atoms with Crippen LogP contribution in [0.1, 0.15) is 50.9 Å². The minimum Gasteiger partial charge on any atom is -0.391 e. The van der Waals surface area contributed by atoms with Gasteiger partial charge in [-0.25, -0.2) is 0 Å². The lowest BCUT2D eigenvalue weighted by molar-refractivity contribution is -0.123. The molecule has 22 heavy (non-hydrogen) atoms. The topological polar surface area (TPSA) is 78.4 Å². The predicted molar refractivity (Wildman–Crippen MR) is 87.8 cm³/mol. The van der Waals surface area contributed by atoms with Crippen LogP contribution in [0, 0.1) is 5.41 Å². The SMILES string of the molecule is CCCC(O)CNC(=O)c1ccccc1NC(=O)C(C)(C)C. The number of hydrogen-bond acceptors (Lipinski definition) is 3. The number of hydrogen-bond donors (Lipinski definition) is 3. The lowest BCUT2D eigenvalue weighted by Crippen LogP contribution is -2.33. The first kappa shape index (κ1) is 18.2. The van der Waals surface area contributed by atoms with E-state index in [0.717, 1.165) is 6.42 Å². The third-order valence-corrected chi connectivity index (χ3v) is 3.22. The Hall–Kier alpha value is -1.88. The molecule has 0 aliphatic rings. The number of benzene rings is 1. The van der Waals surface area contributed by atoms with E-state index in [1.165, 1.54) is 0 Å². The van der Waals surface area contributed by atoms with Crippen molar-refractivity contribution in [1.82, 2.24) is 5.32 Å². The highest BCUT2D eigenvalue weighted by molar-refractivity contribution is 6.04. The van der Waals surface area contributed by atoms with Crippen LogP contribution < -0.4 is 10.6 Å². The van der Waals surface area contributed by atoms with Gasteiger partial charge in [-0.2, -0.15) is 0 Å². The summed E-state index contributed by atoms with van der Waals surface area (Å²) in [6.07, 6.45) is 0.947. The van der Waals surface area contributed by atoms with Crippen LogP contribution in [0.5, 0.6) is 0 Å². The van der Waals surface area contributed by atoms with Gasteiger partial charge in [-0.05, 0) is 18.6 Å². The van der Waals surface area contributed by atoms with Crippen LogP contribution >= 0.6 is 0 Å². The highest BCUT2D eigenvalue weighted by Crippen LogP contribution is 2.20. The smallest absolute Gasteiger partial charge is 0.253 e. The van der Waals surface area contributed by atoms with Crippen molar-refractivity contribution in [2.45, 2.75) is 46.6 Å². The molecule has 0 aliphatic carbocycles. The number of amides is 2. The number of para-hydroxylation sites is 1. The van der Waals surface area contributed by atoms with Gasteiger partial charge < -0.3 is 15.7 Å². The predicted octanol–water partition coefficient (Wildman–Crippen LogP) is 2.56. The molecule has 122 valence electrons. The fourth-order valence-corrected chi connectivity index (χ4v) is 1.84. The molecule has 5 heteroatoms. The van der Waals surface area contributed by atoms with Crippen LogP contribution in [-0.4, -0.2) is 29.6 Å². The summed E-state index contributed by atoms with van der Waals surface area (Å²) < 4.78 is 0. The maximum Gasteiger partial charge on any atom is 0.253 e. The molecule has 2 amide bonds. The molecule has 0 saturated heterocycles. The summed E-state index contributed by atoms with van der Waals surface area (Å²) >= 11 is 0. The molecule has 1 aromatic rings. The minimum atomic E-state index is -0.551. The number of carbonyl (C=O) groups is 2. The molecule has 3 N–H and O–H groups in total. The Labute approximate surface area is 132 Å². The van der Waals surface area contributed by atoms with Crippen molar-refractivity contribution in [1.29, 1.82) is 0 Å². The van der Waals surface area contributed by atoms with E-state index in [0.29, 0.717) is 17.7 Å². The number of rotatable bonds is 6. The molecule has 0 spiro atoms. The van der Waals surface area contributed by atoms with Gasteiger partial charge in [-0.3, -0.25) is 9.59 Å². The van der Waals surface area contributed by atoms with E-state index in [4.69, 9.17) is 0 Å². The van der Waals surface area contributed by atoms with Crippen molar-refractivity contribution in [2.75, 3.05) is 11.9 Å². The quantitative estimate of drug-likeness (QED) is 0.756. The van der Waals surface area contributed by atoms with Gasteiger partial charge in [0, 0.05) is 12.0 Å². The molecule has 0 saturated carbocycles. The van der Waals surface area contributed by atoms with Gasteiger partial charge in [0.05, 0.1) is 17.4 Å². The highest BCUT2D eigenvalue weighted by atomic mass is 16.3. The van der Waals surface area contributed by atoms with Crippen LogP contribution in [0.15, 0.2) is 24.3 Å². The lowest BCUT2D eigenvalue weighted by atomic mass is 9.95. The van der Waals surface area contributed by atoms with Crippen molar-refractivity contribution in [3.8, 4) is 0 Å². The van der Waals surface area contributed by atoms with Crippen molar-refractivity contribution >= 4 is 17.5 Å². The van der Waals surface area contributed by atoms with Crippen LogP contribution in [0.2, 0.25) is 0 Å². The first-order valence-corrected chi connectivity index (χ1v) is 7.62. The standard InChI is InChI=1S/C17H26N2O3/c1-5-8-12(20)11-18-15(21)13-9-6-7-10-14(13)19-16(22)17(2,3)4/h6-7,9-10,12,20H,5,8,11H2,1-4H3,(H,18,21)(H,19,22). The van der Waals surface area contributed by atoms with Crippen molar-refractivity contribution in [3.63, 3.8) is 0 Å². The Morgan fingerprint density at radius 2 is 1.86 bits per heavy atom. The zero-order chi connectivity index (χ0) is 16.8. The number of carbonyl (C=O) groups excluding carboxylic acids is 2. The van der Waals surface area contributed by atoms with Crippen LogP contribution in [0.25, 0.3) is 0 Å². The van der Waals surface area contributed by atoms with Gasteiger partial charge in [-0.1, -0.05) is 46.2 Å². The second-order valence-electron chi connectivity index (χ2n) is 6.40. The Morgan fingerprint density at radius 1 is 1.23 bits per heavy atom. The van der Waals surface area contributed by atoms with Crippen molar-refractivity contribution in [2.24, 2.45) is 5.41 Å². The zero-order valence-corrected chi connectivity index (χ0v) is 13.8. The summed E-state index contributed by atoms with van der Waals surface area (Å²) in [5.74, 6) is -0.460. The van der Waals surface area contributed by atoms with Crippen LogP contribution in [0.4, 0.5) is 5.69 Å². The van der Waals surface area contributed by atoms with Crippen molar-refractivity contribution < 1.29 is 14.7 Å². The molecule has 0 bridgehead atoms. The van der Waals surface area contributed by atoms with Gasteiger partial charge in [0.15, 0.2) is 0 Å². The molecule has 1 rings (SSSR count). The highest BCUT2D eigenvalue weighted by Gasteiger charge is 2.23. The average molecular weight is 306 g/mol. The molecule has 1 atom stereocenters. The molecule has 0 aliphatic heterocycles. The van der Waals surface area contributed by atoms with E-state index in [1.54, 1.807) is 24.3 Å². The number of aliphatic hydroxyl groups excluding tert-OH is 1. The molecule has 0 radical (unpaired) electrons. The summed E-state index contributed by atoms with van der Waals surface area (Å²) in [5, 5.41) is 15.2. The van der Waals surface area contributed by atoms with E-state index < -0.39 is 11.5 Å². The normalized spacial score (nSPS) is 12.6. The summed E-state index contributed by atoms with van der Waals surface area (Å²) in [6, 6.07) is 6.85. The van der Waals surface area contributed by atoms with E-state index in [-0.39, 0.29) is 18.4 Å². The fourth-order valence-electron chi connectivity index (χ4n) is 1.84. The van der Waals surface area contributed by atoms with E-state index in [1.807, 2.05) is 27.7 Å². The summed E-state index contributed by atoms with van der Waals surface area (Å²) in [4.78, 5) is 24.3. The Kier molecular flexibility index (Phi) is 6.56. The van der Waals surface area contributed by atoms with Gasteiger partial charge in [0.2, 0.25) is 5.91 Å². The number of nitrogens with one attached hydrogen (secondary N) is 2. The molecular formula is C17H26N2O3. The molecule has 0 fully saturated rings. The number of aliphatic hydroxyl groups is 1. The Balaban J connectivity index is 2.79. The first-order valence-electron chi connectivity index (χ1n) is 7.62. The Bertz CT molecular complexity index is 521. The monoisotopic (exact) mass is 306 g/mol. The largest absolute Gasteiger partial charge is 0.391 e. The third kappa shape index (κ3) is 5.48. The molecule has 5 nitrogen and oxygen atoms in total.